The van der Waals surface area contributed by atoms with Gasteiger partial charge in [-0.1, -0.05) is 25.6 Å². The van der Waals surface area contributed by atoms with Crippen LogP contribution in [0.25, 0.3) is 0 Å². The highest BCUT2D eigenvalue weighted by atomic mass is 32.2. The lowest BCUT2D eigenvalue weighted by Gasteiger charge is -2.17. The largest absolute Gasteiger partial charge is 0.343 e. The van der Waals surface area contributed by atoms with Crippen molar-refractivity contribution in [3.05, 3.63) is 10.5 Å². The molecule has 0 saturated heterocycles. The maximum Gasteiger partial charge on any atom is 0.343 e. The first kappa shape index (κ1) is 13.8. The van der Waals surface area contributed by atoms with Crippen LogP contribution in [0.2, 0.25) is 0 Å². The van der Waals surface area contributed by atoms with E-state index in [4.69, 9.17) is 5.84 Å². The molecule has 1 unspecified atom stereocenters. The highest BCUT2D eigenvalue weighted by Crippen LogP contribution is 2.25. The average Bonchev–Trinajstić information content (AvgIpc) is 2.65. The lowest BCUT2D eigenvalue weighted by Crippen LogP contribution is -2.40. The second-order valence-electron chi connectivity index (χ2n) is 3.85. The zero-order chi connectivity index (χ0) is 13.0. The van der Waals surface area contributed by atoms with Gasteiger partial charge < -0.3 is 0 Å². The quantitative estimate of drug-likeness (QED) is 0.291. The number of carbonyl (C=O) groups excluding carboxylic acids is 1. The van der Waals surface area contributed by atoms with Gasteiger partial charge in [0.05, 0.1) is 5.25 Å². The lowest BCUT2D eigenvalue weighted by molar-refractivity contribution is -0.121. The molecule has 0 bridgehead atoms. The fourth-order valence-corrected chi connectivity index (χ4v) is 2.47. The molecule has 1 rings (SSSR count). The fourth-order valence-electron chi connectivity index (χ4n) is 1.36. The Morgan fingerprint density at radius 3 is 2.76 bits per heavy atom. The molecule has 0 aliphatic carbocycles. The first-order valence-electron chi connectivity index (χ1n) is 5.33. The minimum absolute atomic E-state index is 0.0839. The third kappa shape index (κ3) is 3.10. The maximum atomic E-state index is 11.6. The first-order valence-corrected chi connectivity index (χ1v) is 6.21. The fraction of sp³-hybridized carbons (Fsp3) is 0.667. The Labute approximate surface area is 103 Å². The molecule has 1 atom stereocenters. The minimum atomic E-state index is -0.375. The van der Waals surface area contributed by atoms with Crippen LogP contribution in [0.1, 0.15) is 20.8 Å². The van der Waals surface area contributed by atoms with Gasteiger partial charge in [-0.25, -0.2) is 15.7 Å². The Morgan fingerprint density at radius 1 is 1.65 bits per heavy atom. The van der Waals surface area contributed by atoms with Gasteiger partial charge in [-0.2, -0.15) is 0 Å². The van der Waals surface area contributed by atoms with Crippen LogP contribution >= 0.6 is 11.8 Å². The summed E-state index contributed by atoms with van der Waals surface area (Å²) < 4.78 is 1.48. The van der Waals surface area contributed by atoms with Gasteiger partial charge in [0.2, 0.25) is 5.91 Å². The standard InChI is InChI=1S/C9H17N5O2S/c1-4-14-8(16)12-13-9(14)17-6(5(2)3)7(15)11-10/h5-6H,4,10H2,1-3H3,(H,11,15)(H,12,16). The first-order chi connectivity index (χ1) is 8.01. The van der Waals surface area contributed by atoms with Gasteiger partial charge in [0, 0.05) is 6.54 Å². The summed E-state index contributed by atoms with van der Waals surface area (Å²) in [6, 6.07) is 0. The highest BCUT2D eigenvalue weighted by molar-refractivity contribution is 8.00. The predicted molar refractivity (Wildman–Crippen MR) is 65.3 cm³/mol. The van der Waals surface area contributed by atoms with E-state index in [-0.39, 0.29) is 22.8 Å². The van der Waals surface area contributed by atoms with Gasteiger partial charge in [0.15, 0.2) is 5.16 Å². The third-order valence-corrected chi connectivity index (χ3v) is 3.81. The number of hydrazine groups is 1. The van der Waals surface area contributed by atoms with Crippen LogP contribution in [-0.2, 0) is 11.3 Å². The van der Waals surface area contributed by atoms with Crippen molar-refractivity contribution in [2.24, 2.45) is 11.8 Å². The molecule has 1 heterocycles. The van der Waals surface area contributed by atoms with Crippen LogP contribution in [-0.4, -0.2) is 25.9 Å². The Morgan fingerprint density at radius 2 is 2.29 bits per heavy atom. The summed E-state index contributed by atoms with van der Waals surface area (Å²) >= 11 is 1.23. The van der Waals surface area contributed by atoms with Crippen LogP contribution in [0.3, 0.4) is 0 Å². The molecular formula is C9H17N5O2S. The molecule has 96 valence electrons. The van der Waals surface area contributed by atoms with E-state index in [1.54, 1.807) is 0 Å². The molecule has 0 aliphatic rings. The van der Waals surface area contributed by atoms with E-state index >= 15 is 0 Å². The Hall–Kier alpha value is -1.28. The molecule has 0 saturated carbocycles. The summed E-state index contributed by atoms with van der Waals surface area (Å²) in [7, 11) is 0. The molecular weight excluding hydrogens is 242 g/mol. The number of nitrogens with two attached hydrogens (primary N) is 1. The molecule has 0 aromatic carbocycles. The summed E-state index contributed by atoms with van der Waals surface area (Å²) in [4.78, 5) is 23.0. The monoisotopic (exact) mass is 259 g/mol. The molecule has 7 nitrogen and oxygen atoms in total. The second kappa shape index (κ2) is 5.87. The number of nitrogens with zero attached hydrogens (tertiary/aromatic N) is 2. The number of aromatic nitrogens is 3. The van der Waals surface area contributed by atoms with Gasteiger partial charge in [0.25, 0.3) is 0 Å². The summed E-state index contributed by atoms with van der Waals surface area (Å²) in [5.41, 5.74) is 1.85. The van der Waals surface area contributed by atoms with Gasteiger partial charge in [-0.3, -0.25) is 14.8 Å². The van der Waals surface area contributed by atoms with E-state index in [0.29, 0.717) is 11.7 Å². The topological polar surface area (TPSA) is 106 Å². The number of aromatic amines is 1. The van der Waals surface area contributed by atoms with Gasteiger partial charge in [0.1, 0.15) is 0 Å². The van der Waals surface area contributed by atoms with Gasteiger partial charge in [-0.05, 0) is 12.8 Å². The molecule has 1 amide bonds. The average molecular weight is 259 g/mol. The van der Waals surface area contributed by atoms with Crippen LogP contribution in [0.15, 0.2) is 9.95 Å². The molecule has 17 heavy (non-hydrogen) atoms. The number of amides is 1. The molecule has 0 fully saturated rings. The zero-order valence-electron chi connectivity index (χ0n) is 10.1. The second-order valence-corrected chi connectivity index (χ2v) is 4.96. The number of H-pyrrole nitrogens is 1. The molecule has 0 radical (unpaired) electrons. The van der Waals surface area contributed by atoms with Crippen molar-refractivity contribution >= 4 is 17.7 Å². The Kier molecular flexibility index (Phi) is 4.76. The summed E-state index contributed by atoms with van der Waals surface area (Å²) in [5, 5.41) is 6.38. The van der Waals surface area contributed by atoms with Crippen molar-refractivity contribution in [3.8, 4) is 0 Å². The molecule has 4 N–H and O–H groups in total. The van der Waals surface area contributed by atoms with Crippen molar-refractivity contribution < 1.29 is 4.79 Å². The molecule has 8 heteroatoms. The molecule has 0 spiro atoms. The number of thioether (sulfide) groups is 1. The maximum absolute atomic E-state index is 11.6. The summed E-state index contributed by atoms with van der Waals surface area (Å²) in [5.74, 6) is 4.94. The number of hydrogen-bond donors (Lipinski definition) is 3. The van der Waals surface area contributed by atoms with Crippen molar-refractivity contribution in [1.29, 1.82) is 0 Å². The van der Waals surface area contributed by atoms with Gasteiger partial charge >= 0.3 is 5.69 Å². The Balaban J connectivity index is 2.93. The van der Waals surface area contributed by atoms with E-state index in [1.165, 1.54) is 16.3 Å². The van der Waals surface area contributed by atoms with Crippen LogP contribution in [0, 0.1) is 5.92 Å². The molecule has 1 aromatic heterocycles. The number of rotatable bonds is 5. The van der Waals surface area contributed by atoms with E-state index < -0.39 is 0 Å². The van der Waals surface area contributed by atoms with E-state index in [9.17, 15) is 9.59 Å². The Bertz CT molecular complexity index is 439. The molecule has 1 aromatic rings. The van der Waals surface area contributed by atoms with E-state index in [0.717, 1.165) is 0 Å². The molecule has 0 aliphatic heterocycles. The van der Waals surface area contributed by atoms with Crippen molar-refractivity contribution in [2.75, 3.05) is 0 Å². The normalized spacial score (nSPS) is 12.8. The number of hydrogen-bond acceptors (Lipinski definition) is 5. The van der Waals surface area contributed by atoms with Gasteiger partial charge in [-0.15, -0.1) is 5.10 Å². The van der Waals surface area contributed by atoms with Crippen molar-refractivity contribution in [1.82, 2.24) is 20.2 Å². The van der Waals surface area contributed by atoms with Crippen LogP contribution in [0.4, 0.5) is 0 Å². The van der Waals surface area contributed by atoms with Crippen LogP contribution in [0.5, 0.6) is 0 Å². The SMILES string of the molecule is CCn1c(SC(C(=O)NN)C(C)C)n[nH]c1=O. The number of nitrogens with one attached hydrogen (secondary N) is 2. The van der Waals surface area contributed by atoms with Crippen LogP contribution < -0.4 is 17.0 Å². The van der Waals surface area contributed by atoms with E-state index in [2.05, 4.69) is 15.6 Å². The minimum Gasteiger partial charge on any atom is -0.293 e. The van der Waals surface area contributed by atoms with Crippen molar-refractivity contribution in [3.63, 3.8) is 0 Å². The summed E-state index contributed by atoms with van der Waals surface area (Å²) in [6.45, 7) is 6.17. The highest BCUT2D eigenvalue weighted by Gasteiger charge is 2.25. The predicted octanol–water partition coefficient (Wildman–Crippen LogP) is -0.302. The summed E-state index contributed by atoms with van der Waals surface area (Å²) in [6.07, 6.45) is 0. The smallest absolute Gasteiger partial charge is 0.293 e. The third-order valence-electron chi connectivity index (χ3n) is 2.28. The number of carbonyl (C=O) groups is 1. The van der Waals surface area contributed by atoms with E-state index in [1.807, 2.05) is 20.8 Å². The zero-order valence-corrected chi connectivity index (χ0v) is 10.9. The van der Waals surface area contributed by atoms with Crippen molar-refractivity contribution in [2.45, 2.75) is 37.7 Å². The lowest BCUT2D eigenvalue weighted by atomic mass is 10.1.